The van der Waals surface area contributed by atoms with Gasteiger partial charge in [-0.05, 0) is 35.9 Å². The lowest BCUT2D eigenvalue weighted by atomic mass is 9.82. The van der Waals surface area contributed by atoms with Crippen molar-refractivity contribution in [3.63, 3.8) is 0 Å². The molecule has 1 atom stereocenters. The van der Waals surface area contributed by atoms with Crippen LogP contribution in [0.5, 0.6) is 11.5 Å². The van der Waals surface area contributed by atoms with Gasteiger partial charge in [-0.15, -0.1) is 0 Å². The number of rotatable bonds is 3. The Bertz CT molecular complexity index is 1330. The smallest absolute Gasteiger partial charge is 0.229 e. The number of fused-ring (bicyclic) bond motifs is 1. The minimum absolute atomic E-state index is 0.0233. The number of nitrogens with zero attached hydrogens (tertiary/aromatic N) is 2. The topological polar surface area (TPSA) is 98.0 Å². The van der Waals surface area contributed by atoms with Gasteiger partial charge in [0.15, 0.2) is 17.5 Å². The molecule has 0 spiro atoms. The number of anilines is 1. The maximum absolute atomic E-state index is 12.4. The van der Waals surface area contributed by atoms with Crippen molar-refractivity contribution in [2.45, 2.75) is 12.8 Å². The summed E-state index contributed by atoms with van der Waals surface area (Å²) in [7, 11) is 0. The first-order valence-electron chi connectivity index (χ1n) is 10.2. The second-order valence-electron chi connectivity index (χ2n) is 7.68. The molecule has 2 aliphatic heterocycles. The highest BCUT2D eigenvalue weighted by Gasteiger charge is 2.38. The SMILES string of the molecule is CC(=O)C1=NC2=C(C(=N)N(c3ccc(Cl)cc3)N1)C(c1ccccc1)c1ccc(O)cc1O2. The Hall–Kier alpha value is -4.10. The Balaban J connectivity index is 1.75. The first-order chi connectivity index (χ1) is 15.9. The van der Waals surface area contributed by atoms with E-state index in [0.717, 1.165) is 11.1 Å². The van der Waals surface area contributed by atoms with E-state index in [0.29, 0.717) is 22.0 Å². The zero-order chi connectivity index (χ0) is 23.1. The average molecular weight is 459 g/mol. The van der Waals surface area contributed by atoms with E-state index in [9.17, 15) is 9.90 Å². The molecule has 0 radical (unpaired) electrons. The normalized spacial score (nSPS) is 17.3. The van der Waals surface area contributed by atoms with Gasteiger partial charge in [0.25, 0.3) is 0 Å². The number of hydrazine groups is 1. The van der Waals surface area contributed by atoms with Crippen LogP contribution in [0.1, 0.15) is 24.0 Å². The van der Waals surface area contributed by atoms with Crippen molar-refractivity contribution in [1.29, 1.82) is 5.41 Å². The van der Waals surface area contributed by atoms with E-state index in [2.05, 4.69) is 10.4 Å². The maximum Gasteiger partial charge on any atom is 0.229 e. The molecule has 2 heterocycles. The van der Waals surface area contributed by atoms with Crippen molar-refractivity contribution < 1.29 is 14.6 Å². The number of ketones is 1. The largest absolute Gasteiger partial charge is 0.508 e. The number of halogens is 1. The number of hydrogen-bond donors (Lipinski definition) is 3. The standard InChI is InChI=1S/C25H19ClN4O3/c1-14(31)24-28-25-22(23(27)30(29-24)17-9-7-16(26)8-10-17)21(15-5-3-2-4-6-15)19-12-11-18(32)13-20(19)33-25/h2-13,21,27,32H,1H3,(H,28,29). The van der Waals surface area contributed by atoms with Crippen LogP contribution < -0.4 is 15.2 Å². The lowest BCUT2D eigenvalue weighted by molar-refractivity contribution is -0.111. The molecule has 0 aromatic heterocycles. The molecule has 5 rings (SSSR count). The second-order valence-corrected chi connectivity index (χ2v) is 8.11. The highest BCUT2D eigenvalue weighted by Crippen LogP contribution is 2.46. The van der Waals surface area contributed by atoms with Crippen LogP contribution in [0.4, 0.5) is 5.69 Å². The predicted molar refractivity (Wildman–Crippen MR) is 127 cm³/mol. The van der Waals surface area contributed by atoms with Crippen LogP contribution in [-0.2, 0) is 4.79 Å². The summed E-state index contributed by atoms with van der Waals surface area (Å²) >= 11 is 6.06. The number of phenols is 1. The summed E-state index contributed by atoms with van der Waals surface area (Å²) in [6.45, 7) is 1.39. The van der Waals surface area contributed by atoms with E-state index in [-0.39, 0.29) is 29.1 Å². The van der Waals surface area contributed by atoms with Crippen LogP contribution >= 0.6 is 11.6 Å². The summed E-state index contributed by atoms with van der Waals surface area (Å²) in [5, 5.41) is 21.2. The molecule has 164 valence electrons. The molecule has 3 aromatic carbocycles. The van der Waals surface area contributed by atoms with Crippen molar-refractivity contribution in [2.75, 3.05) is 5.01 Å². The van der Waals surface area contributed by atoms with Gasteiger partial charge in [-0.25, -0.2) is 5.01 Å². The molecule has 2 aliphatic rings. The third-order valence-corrected chi connectivity index (χ3v) is 5.75. The Kier molecular flexibility index (Phi) is 5.11. The third kappa shape index (κ3) is 3.72. The summed E-state index contributed by atoms with van der Waals surface area (Å²) < 4.78 is 6.05. The van der Waals surface area contributed by atoms with Crippen molar-refractivity contribution in [2.24, 2.45) is 4.99 Å². The number of Topliss-reactive ketones (excluding diaryl/α,β-unsaturated/α-hetero) is 1. The fraction of sp³-hybridized carbons (Fsp3) is 0.0800. The lowest BCUT2D eigenvalue weighted by Gasteiger charge is -2.32. The highest BCUT2D eigenvalue weighted by atomic mass is 35.5. The number of nitrogens with one attached hydrogen (secondary N) is 2. The van der Waals surface area contributed by atoms with E-state index in [4.69, 9.17) is 21.7 Å². The van der Waals surface area contributed by atoms with E-state index in [1.54, 1.807) is 36.4 Å². The third-order valence-electron chi connectivity index (χ3n) is 5.49. The Morgan fingerprint density at radius 1 is 1.12 bits per heavy atom. The van der Waals surface area contributed by atoms with Gasteiger partial charge in [0, 0.05) is 29.5 Å². The highest BCUT2D eigenvalue weighted by molar-refractivity contribution is 6.39. The molecule has 8 heteroatoms. The number of amidine groups is 2. The number of ether oxygens (including phenoxy) is 1. The van der Waals surface area contributed by atoms with Crippen LogP contribution in [0, 0.1) is 5.41 Å². The molecule has 0 saturated heterocycles. The molecule has 3 N–H and O–H groups in total. The zero-order valence-corrected chi connectivity index (χ0v) is 18.3. The fourth-order valence-electron chi connectivity index (χ4n) is 3.95. The summed E-state index contributed by atoms with van der Waals surface area (Å²) in [6.07, 6.45) is 0. The summed E-state index contributed by atoms with van der Waals surface area (Å²) in [5.74, 6) is -0.0510. The molecule has 0 aliphatic carbocycles. The Morgan fingerprint density at radius 3 is 2.55 bits per heavy atom. The van der Waals surface area contributed by atoms with Gasteiger partial charge < -0.3 is 9.84 Å². The van der Waals surface area contributed by atoms with E-state index in [1.165, 1.54) is 18.0 Å². The van der Waals surface area contributed by atoms with Crippen LogP contribution in [0.15, 0.2) is 89.2 Å². The van der Waals surface area contributed by atoms with Crippen LogP contribution in [-0.4, -0.2) is 22.6 Å². The van der Waals surface area contributed by atoms with E-state index in [1.807, 2.05) is 30.3 Å². The molecular weight excluding hydrogens is 440 g/mol. The van der Waals surface area contributed by atoms with E-state index < -0.39 is 5.92 Å². The average Bonchev–Trinajstić information content (AvgIpc) is 2.95. The Labute approximate surface area is 195 Å². The number of aliphatic imine (C=N–C) groups is 1. The fourth-order valence-corrected chi connectivity index (χ4v) is 4.08. The molecule has 7 nitrogen and oxygen atoms in total. The summed E-state index contributed by atoms with van der Waals surface area (Å²) in [4.78, 5) is 16.9. The molecule has 0 amide bonds. The number of benzene rings is 3. The lowest BCUT2D eigenvalue weighted by Crippen LogP contribution is -2.48. The van der Waals surface area contributed by atoms with Crippen molar-refractivity contribution in [3.05, 3.63) is 100 Å². The van der Waals surface area contributed by atoms with Gasteiger partial charge in [0.05, 0.1) is 11.3 Å². The summed E-state index contributed by atoms with van der Waals surface area (Å²) in [5.41, 5.74) is 5.75. The van der Waals surface area contributed by atoms with Crippen molar-refractivity contribution in [1.82, 2.24) is 5.43 Å². The van der Waals surface area contributed by atoms with Gasteiger partial charge in [-0.3, -0.25) is 15.6 Å². The van der Waals surface area contributed by atoms with Crippen LogP contribution in [0.2, 0.25) is 5.02 Å². The van der Waals surface area contributed by atoms with Gasteiger partial charge in [0.1, 0.15) is 11.5 Å². The Morgan fingerprint density at radius 2 is 1.85 bits per heavy atom. The molecule has 0 bridgehead atoms. The minimum atomic E-state index is -0.412. The molecule has 33 heavy (non-hydrogen) atoms. The maximum atomic E-state index is 12.4. The molecule has 3 aromatic rings. The van der Waals surface area contributed by atoms with Gasteiger partial charge >= 0.3 is 0 Å². The van der Waals surface area contributed by atoms with Crippen molar-refractivity contribution in [3.8, 4) is 11.5 Å². The monoisotopic (exact) mass is 458 g/mol. The molecule has 0 saturated carbocycles. The number of phenolic OH excluding ortho intramolecular Hbond substituents is 1. The van der Waals surface area contributed by atoms with Crippen LogP contribution in [0.25, 0.3) is 0 Å². The minimum Gasteiger partial charge on any atom is -0.508 e. The first kappa shape index (κ1) is 20.8. The number of hydrogen-bond acceptors (Lipinski definition) is 6. The van der Waals surface area contributed by atoms with Gasteiger partial charge in [0.2, 0.25) is 5.88 Å². The number of aromatic hydroxyl groups is 1. The number of carbonyl (C=O) groups is 1. The van der Waals surface area contributed by atoms with Gasteiger partial charge in [-0.2, -0.15) is 4.99 Å². The van der Waals surface area contributed by atoms with E-state index >= 15 is 0 Å². The van der Waals surface area contributed by atoms with Crippen molar-refractivity contribution >= 4 is 34.7 Å². The summed E-state index contributed by atoms with van der Waals surface area (Å²) in [6, 6.07) is 21.5. The quantitative estimate of drug-likeness (QED) is 0.525. The molecule has 1 unspecified atom stereocenters. The number of carbonyl (C=O) groups excluding carboxylic acids is 1. The second kappa shape index (κ2) is 8.11. The van der Waals surface area contributed by atoms with Gasteiger partial charge in [-0.1, -0.05) is 48.0 Å². The first-order valence-corrected chi connectivity index (χ1v) is 10.6. The zero-order valence-electron chi connectivity index (χ0n) is 17.5. The predicted octanol–water partition coefficient (Wildman–Crippen LogP) is 4.77. The molecular formula is C25H19ClN4O3. The molecule has 0 fully saturated rings. The van der Waals surface area contributed by atoms with Crippen LogP contribution in [0.3, 0.4) is 0 Å².